The van der Waals surface area contributed by atoms with Crippen molar-refractivity contribution in [3.05, 3.63) is 0 Å². The zero-order valence-corrected chi connectivity index (χ0v) is 18.2. The van der Waals surface area contributed by atoms with Crippen LogP contribution in [0.4, 0.5) is 0 Å². The highest BCUT2D eigenvalue weighted by Gasteiger charge is 2.30. The molecule has 0 aromatic heterocycles. The average Bonchev–Trinajstić information content (AvgIpc) is 2.73. The molecular formula is C22H44O7. The highest BCUT2D eigenvalue weighted by molar-refractivity contribution is 5.69. The predicted molar refractivity (Wildman–Crippen MR) is 112 cm³/mol. The smallest absolute Gasteiger partial charge is 0.305 e. The Morgan fingerprint density at radius 3 is 1.55 bits per heavy atom. The average molecular weight is 421 g/mol. The van der Waals surface area contributed by atoms with Crippen LogP contribution in [0.1, 0.15) is 96.8 Å². The van der Waals surface area contributed by atoms with Gasteiger partial charge in [-0.15, -0.1) is 0 Å². The number of ether oxygens (including phenoxy) is 1. The summed E-state index contributed by atoms with van der Waals surface area (Å²) >= 11 is 0. The van der Waals surface area contributed by atoms with Crippen LogP contribution in [0.25, 0.3) is 0 Å². The number of esters is 1. The zero-order chi connectivity index (χ0) is 21.9. The van der Waals surface area contributed by atoms with E-state index in [1.807, 2.05) is 0 Å². The van der Waals surface area contributed by atoms with Gasteiger partial charge in [0, 0.05) is 6.42 Å². The monoisotopic (exact) mass is 420 g/mol. The number of aliphatic hydroxyl groups excluding tert-OH is 5. The minimum absolute atomic E-state index is 0.252. The first-order valence-corrected chi connectivity index (χ1v) is 11.4. The first-order chi connectivity index (χ1) is 13.9. The minimum Gasteiger partial charge on any atom is -0.463 e. The van der Waals surface area contributed by atoms with Gasteiger partial charge >= 0.3 is 5.97 Å². The maximum absolute atomic E-state index is 11.7. The second kappa shape index (κ2) is 19.2. The molecule has 4 atom stereocenters. The van der Waals surface area contributed by atoms with Gasteiger partial charge in [-0.3, -0.25) is 4.79 Å². The molecule has 0 aromatic carbocycles. The number of hydrogen-bond donors (Lipinski definition) is 5. The van der Waals surface area contributed by atoms with E-state index in [9.17, 15) is 25.2 Å². The van der Waals surface area contributed by atoms with Crippen molar-refractivity contribution < 1.29 is 35.1 Å². The molecule has 0 bridgehead atoms. The lowest BCUT2D eigenvalue weighted by Gasteiger charge is -2.25. The molecule has 0 heterocycles. The van der Waals surface area contributed by atoms with Crippen LogP contribution in [0.5, 0.6) is 0 Å². The molecule has 0 aromatic rings. The number of hydrogen-bond acceptors (Lipinski definition) is 7. The summed E-state index contributed by atoms with van der Waals surface area (Å²) in [6, 6.07) is 0. The number of carbonyl (C=O) groups is 1. The fourth-order valence-corrected chi connectivity index (χ4v) is 3.20. The molecule has 0 fully saturated rings. The normalized spacial score (nSPS) is 15.7. The van der Waals surface area contributed by atoms with Gasteiger partial charge in [-0.1, -0.05) is 84.0 Å². The lowest BCUT2D eigenvalue weighted by atomic mass is 10.0. The largest absolute Gasteiger partial charge is 0.463 e. The first kappa shape index (κ1) is 28.3. The predicted octanol–water partition coefficient (Wildman–Crippen LogP) is 2.45. The Morgan fingerprint density at radius 2 is 1.10 bits per heavy atom. The van der Waals surface area contributed by atoms with Gasteiger partial charge in [0.25, 0.3) is 0 Å². The summed E-state index contributed by atoms with van der Waals surface area (Å²) in [7, 11) is 0. The van der Waals surface area contributed by atoms with Crippen LogP contribution >= 0.6 is 0 Å². The Labute approximate surface area is 176 Å². The summed E-state index contributed by atoms with van der Waals surface area (Å²) in [6.45, 7) is 1.03. The van der Waals surface area contributed by atoms with E-state index in [0.29, 0.717) is 0 Å². The topological polar surface area (TPSA) is 127 Å². The zero-order valence-electron chi connectivity index (χ0n) is 18.2. The van der Waals surface area contributed by atoms with Crippen molar-refractivity contribution >= 4 is 5.97 Å². The van der Waals surface area contributed by atoms with E-state index in [1.54, 1.807) is 0 Å². The Hall–Kier alpha value is -0.730. The lowest BCUT2D eigenvalue weighted by molar-refractivity contribution is -0.156. The van der Waals surface area contributed by atoms with Crippen LogP contribution in [0, 0.1) is 0 Å². The number of rotatable bonds is 20. The highest BCUT2D eigenvalue weighted by atomic mass is 16.5. The maximum atomic E-state index is 11.7. The molecule has 0 saturated heterocycles. The SMILES string of the molecule is CCCCCCCCCCCCCCCC(=O)OCC(O)C(O)C(O)C(O)CO. The lowest BCUT2D eigenvalue weighted by Crippen LogP contribution is -2.47. The van der Waals surface area contributed by atoms with Crippen LogP contribution in [0.3, 0.4) is 0 Å². The Morgan fingerprint density at radius 1 is 0.690 bits per heavy atom. The second-order valence-corrected chi connectivity index (χ2v) is 7.97. The summed E-state index contributed by atoms with van der Waals surface area (Å²) in [5.74, 6) is -0.462. The van der Waals surface area contributed by atoms with Crippen LogP contribution in [0.15, 0.2) is 0 Å². The molecule has 0 saturated carbocycles. The van der Waals surface area contributed by atoms with Crippen molar-refractivity contribution in [1.82, 2.24) is 0 Å². The van der Waals surface area contributed by atoms with Gasteiger partial charge in [0.2, 0.25) is 0 Å². The standard InChI is InChI=1S/C22H44O7/c1-2-3-4-5-6-7-8-9-10-11-12-13-14-15-20(26)29-17-19(25)22(28)21(27)18(24)16-23/h18-19,21-25,27-28H,2-17H2,1H3. The molecule has 0 aliphatic heterocycles. The van der Waals surface area contributed by atoms with Crippen LogP contribution in [-0.4, -0.2) is 69.1 Å². The molecule has 174 valence electrons. The minimum atomic E-state index is -1.71. The van der Waals surface area contributed by atoms with E-state index in [-0.39, 0.29) is 6.42 Å². The maximum Gasteiger partial charge on any atom is 0.305 e. The molecule has 7 nitrogen and oxygen atoms in total. The fourth-order valence-electron chi connectivity index (χ4n) is 3.20. The van der Waals surface area contributed by atoms with Gasteiger partial charge in [0.15, 0.2) is 0 Å². The highest BCUT2D eigenvalue weighted by Crippen LogP contribution is 2.13. The molecule has 29 heavy (non-hydrogen) atoms. The van der Waals surface area contributed by atoms with E-state index >= 15 is 0 Å². The van der Waals surface area contributed by atoms with Gasteiger partial charge < -0.3 is 30.3 Å². The van der Waals surface area contributed by atoms with E-state index < -0.39 is 43.6 Å². The Bertz CT molecular complexity index is 378. The fraction of sp³-hybridized carbons (Fsp3) is 0.955. The molecule has 0 aliphatic carbocycles. The van der Waals surface area contributed by atoms with Crippen molar-refractivity contribution in [3.63, 3.8) is 0 Å². The van der Waals surface area contributed by atoms with Gasteiger partial charge in [-0.25, -0.2) is 0 Å². The number of carbonyl (C=O) groups excluding carboxylic acids is 1. The van der Waals surface area contributed by atoms with Crippen LogP contribution in [0.2, 0.25) is 0 Å². The number of unbranched alkanes of at least 4 members (excludes halogenated alkanes) is 12. The second-order valence-electron chi connectivity index (χ2n) is 7.97. The molecule has 0 spiro atoms. The third-order valence-electron chi connectivity index (χ3n) is 5.22. The molecule has 0 amide bonds. The summed E-state index contributed by atoms with van der Waals surface area (Å²) in [5, 5.41) is 46.8. The third-order valence-corrected chi connectivity index (χ3v) is 5.22. The van der Waals surface area contributed by atoms with Crippen molar-refractivity contribution in [2.45, 2.75) is 121 Å². The van der Waals surface area contributed by atoms with Crippen molar-refractivity contribution in [1.29, 1.82) is 0 Å². The molecule has 0 rings (SSSR count). The van der Waals surface area contributed by atoms with Crippen molar-refractivity contribution in [2.75, 3.05) is 13.2 Å². The van der Waals surface area contributed by atoms with Gasteiger partial charge in [-0.05, 0) is 6.42 Å². The molecule has 7 heteroatoms. The molecule has 4 unspecified atom stereocenters. The first-order valence-electron chi connectivity index (χ1n) is 11.4. The van der Waals surface area contributed by atoms with E-state index in [0.717, 1.165) is 19.3 Å². The van der Waals surface area contributed by atoms with Crippen molar-refractivity contribution in [2.24, 2.45) is 0 Å². The summed E-state index contributed by atoms with van der Waals surface area (Å²) in [6.07, 6.45) is 9.61. The van der Waals surface area contributed by atoms with E-state index in [4.69, 9.17) is 9.84 Å². The summed E-state index contributed by atoms with van der Waals surface area (Å²) in [4.78, 5) is 11.7. The molecule has 5 N–H and O–H groups in total. The van der Waals surface area contributed by atoms with Crippen LogP contribution < -0.4 is 0 Å². The van der Waals surface area contributed by atoms with E-state index in [2.05, 4.69) is 6.92 Å². The van der Waals surface area contributed by atoms with Crippen LogP contribution in [-0.2, 0) is 9.53 Å². The third kappa shape index (κ3) is 15.7. The number of aliphatic hydroxyl groups is 5. The molecule has 0 aliphatic rings. The Kier molecular flexibility index (Phi) is 18.8. The molecule has 0 radical (unpaired) electrons. The Balaban J connectivity index is 3.52. The van der Waals surface area contributed by atoms with Gasteiger partial charge in [0.05, 0.1) is 6.61 Å². The quantitative estimate of drug-likeness (QED) is 0.151. The van der Waals surface area contributed by atoms with E-state index in [1.165, 1.54) is 64.2 Å². The van der Waals surface area contributed by atoms with Gasteiger partial charge in [0.1, 0.15) is 31.0 Å². The van der Waals surface area contributed by atoms with Crippen molar-refractivity contribution in [3.8, 4) is 0 Å². The summed E-state index contributed by atoms with van der Waals surface area (Å²) < 4.78 is 4.89. The van der Waals surface area contributed by atoms with Gasteiger partial charge in [-0.2, -0.15) is 0 Å². The molecular weight excluding hydrogens is 376 g/mol. The summed E-state index contributed by atoms with van der Waals surface area (Å²) in [5.41, 5.74) is 0.